The Morgan fingerprint density at radius 1 is 1.12 bits per heavy atom. The summed E-state index contributed by atoms with van der Waals surface area (Å²) in [6.07, 6.45) is 9.62. The second kappa shape index (κ2) is 16.9. The summed E-state index contributed by atoms with van der Waals surface area (Å²) in [4.78, 5) is 59.9. The second-order valence-corrected chi connectivity index (χ2v) is 13.8. The van der Waals surface area contributed by atoms with Crippen LogP contribution in [0.3, 0.4) is 0 Å². The monoisotopic (exact) mass is 679 g/mol. The van der Waals surface area contributed by atoms with E-state index in [0.29, 0.717) is 44.2 Å². The highest BCUT2D eigenvalue weighted by Gasteiger charge is 2.75. The van der Waals surface area contributed by atoms with Crippen LogP contribution in [0.25, 0.3) is 0 Å². The number of unbranched alkanes of at least 4 members (excludes halogenated alkanes) is 1. The SMILES string of the molecule is C=CCCC(=O)N[C@@H](COC)[C@@H](OC(=O)[C@@H]1[C@H]2C(=O)N(CCCCO)[C@H](C(=O)N(CC=C)C3CCCCC3)[C@]23CC[C@H]1O3)c1ccccc1. The van der Waals surface area contributed by atoms with Crippen LogP contribution in [0.15, 0.2) is 55.6 Å². The Morgan fingerprint density at radius 2 is 1.88 bits per heavy atom. The molecule has 268 valence electrons. The Hall–Kier alpha value is -3.54. The number of hydrogen-bond acceptors (Lipinski definition) is 8. The Labute approximate surface area is 290 Å². The van der Waals surface area contributed by atoms with E-state index < -0.39 is 47.7 Å². The maximum atomic E-state index is 14.7. The highest BCUT2D eigenvalue weighted by Crippen LogP contribution is 2.59. The molecule has 49 heavy (non-hydrogen) atoms. The molecule has 4 aliphatic rings. The standard InChI is InChI=1S/C38H53N3O8/c1-4-6-19-30(43)39-28(25-47-3)33(26-15-9-7-10-16-26)48-37(46)31-29-20-21-38(49-29)32(31)35(44)41(23-13-14-24-42)34(38)36(45)40(22-5-2)27-17-11-8-12-18-27/h4-5,7,9-10,15-16,27-29,31-34,42H,1-2,6,8,11-14,17-25H2,3H3,(H,39,43)/t28-,29+,31-,32-,33-,34+,38-/m0/s1. The van der Waals surface area contributed by atoms with Crippen LogP contribution in [0.1, 0.15) is 82.3 Å². The van der Waals surface area contributed by atoms with Crippen molar-refractivity contribution in [1.29, 1.82) is 0 Å². The predicted octanol–water partition coefficient (Wildman–Crippen LogP) is 3.86. The van der Waals surface area contributed by atoms with Gasteiger partial charge in [-0.1, -0.05) is 61.7 Å². The van der Waals surface area contributed by atoms with E-state index in [1.54, 1.807) is 17.1 Å². The molecule has 2 bridgehead atoms. The number of nitrogens with one attached hydrogen (secondary N) is 1. The fourth-order valence-corrected chi connectivity index (χ4v) is 8.57. The number of methoxy groups -OCH3 is 1. The molecule has 2 N–H and O–H groups in total. The van der Waals surface area contributed by atoms with Crippen molar-refractivity contribution < 1.29 is 38.5 Å². The van der Waals surface area contributed by atoms with Crippen LogP contribution in [0.4, 0.5) is 0 Å². The molecule has 3 aliphatic heterocycles. The van der Waals surface area contributed by atoms with Crippen LogP contribution in [-0.4, -0.2) is 102 Å². The topological polar surface area (TPSA) is 135 Å². The lowest BCUT2D eigenvalue weighted by atomic mass is 9.70. The zero-order valence-electron chi connectivity index (χ0n) is 28.8. The molecule has 5 rings (SSSR count). The van der Waals surface area contributed by atoms with E-state index in [1.807, 2.05) is 35.2 Å². The van der Waals surface area contributed by atoms with Gasteiger partial charge in [0.25, 0.3) is 0 Å². The minimum atomic E-state index is -1.16. The number of rotatable bonds is 18. The lowest BCUT2D eigenvalue weighted by molar-refractivity contribution is -0.163. The van der Waals surface area contributed by atoms with Crippen LogP contribution < -0.4 is 5.32 Å². The summed E-state index contributed by atoms with van der Waals surface area (Å²) in [6.45, 7) is 8.31. The molecule has 3 amide bonds. The van der Waals surface area contributed by atoms with Crippen molar-refractivity contribution in [3.05, 3.63) is 61.2 Å². The summed E-state index contributed by atoms with van der Waals surface area (Å²) in [6, 6.07) is 7.63. The molecule has 1 spiro atoms. The van der Waals surface area contributed by atoms with Crippen molar-refractivity contribution in [3.63, 3.8) is 0 Å². The first kappa shape index (κ1) is 36.7. The number of carbonyl (C=O) groups excluding carboxylic acids is 4. The van der Waals surface area contributed by atoms with E-state index in [1.165, 1.54) is 7.11 Å². The normalized spacial score (nSPS) is 27.3. The maximum absolute atomic E-state index is 14.7. The van der Waals surface area contributed by atoms with E-state index in [9.17, 15) is 24.3 Å². The highest BCUT2D eigenvalue weighted by atomic mass is 16.6. The molecule has 7 atom stereocenters. The van der Waals surface area contributed by atoms with Gasteiger partial charge in [-0.25, -0.2) is 0 Å². The Morgan fingerprint density at radius 3 is 2.55 bits per heavy atom. The van der Waals surface area contributed by atoms with Crippen molar-refractivity contribution in [2.24, 2.45) is 11.8 Å². The first-order valence-corrected chi connectivity index (χ1v) is 18.0. The fraction of sp³-hybridized carbons (Fsp3) is 0.632. The fourth-order valence-electron chi connectivity index (χ4n) is 8.57. The second-order valence-electron chi connectivity index (χ2n) is 13.8. The molecule has 1 aliphatic carbocycles. The van der Waals surface area contributed by atoms with Gasteiger partial charge in [-0.15, -0.1) is 13.2 Å². The summed E-state index contributed by atoms with van der Waals surface area (Å²) in [7, 11) is 1.52. The molecular weight excluding hydrogens is 626 g/mol. The van der Waals surface area contributed by atoms with Crippen LogP contribution in [0.2, 0.25) is 0 Å². The quantitative estimate of drug-likeness (QED) is 0.136. The number of nitrogens with zero attached hydrogens (tertiary/aromatic N) is 2. The number of likely N-dealkylation sites (tertiary alicyclic amines) is 1. The molecule has 3 saturated heterocycles. The minimum Gasteiger partial charge on any atom is -0.455 e. The Kier molecular flexibility index (Phi) is 12.7. The van der Waals surface area contributed by atoms with Gasteiger partial charge in [0.2, 0.25) is 17.7 Å². The summed E-state index contributed by atoms with van der Waals surface area (Å²) >= 11 is 0. The van der Waals surface area contributed by atoms with Crippen LogP contribution in [0.5, 0.6) is 0 Å². The van der Waals surface area contributed by atoms with Gasteiger partial charge in [-0.05, 0) is 50.5 Å². The van der Waals surface area contributed by atoms with Crippen molar-refractivity contribution in [1.82, 2.24) is 15.1 Å². The molecule has 1 aromatic carbocycles. The molecule has 1 aromatic rings. The van der Waals surface area contributed by atoms with Gasteiger partial charge in [0.15, 0.2) is 0 Å². The number of esters is 1. The highest BCUT2D eigenvalue weighted by molar-refractivity contribution is 5.98. The number of ether oxygens (including phenoxy) is 3. The third kappa shape index (κ3) is 7.64. The molecule has 0 unspecified atom stereocenters. The van der Waals surface area contributed by atoms with Gasteiger partial charge in [-0.3, -0.25) is 19.2 Å². The van der Waals surface area contributed by atoms with E-state index in [2.05, 4.69) is 18.5 Å². The van der Waals surface area contributed by atoms with Crippen LogP contribution in [-0.2, 0) is 33.4 Å². The molecule has 1 saturated carbocycles. The van der Waals surface area contributed by atoms with Gasteiger partial charge >= 0.3 is 5.97 Å². The van der Waals surface area contributed by atoms with E-state index >= 15 is 0 Å². The number of allylic oxidation sites excluding steroid dienone is 1. The Bertz CT molecular complexity index is 1330. The van der Waals surface area contributed by atoms with Gasteiger partial charge in [0, 0.05) is 39.3 Å². The molecular formula is C38H53N3O8. The molecule has 3 heterocycles. The summed E-state index contributed by atoms with van der Waals surface area (Å²) in [5, 5.41) is 12.5. The molecule has 0 radical (unpaired) electrons. The van der Waals surface area contributed by atoms with E-state index in [0.717, 1.165) is 32.1 Å². The molecule has 11 heteroatoms. The summed E-state index contributed by atoms with van der Waals surface area (Å²) in [5.74, 6) is -3.09. The number of aliphatic hydroxyl groups is 1. The summed E-state index contributed by atoms with van der Waals surface area (Å²) in [5.41, 5.74) is -0.493. The lowest BCUT2D eigenvalue weighted by Crippen LogP contribution is -2.58. The largest absolute Gasteiger partial charge is 0.455 e. The van der Waals surface area contributed by atoms with E-state index in [4.69, 9.17) is 14.2 Å². The number of amides is 3. The number of aliphatic hydroxyl groups excluding tert-OH is 1. The van der Waals surface area contributed by atoms with Crippen molar-refractivity contribution >= 4 is 23.7 Å². The molecule has 4 fully saturated rings. The number of fused-ring (bicyclic) bond motifs is 1. The van der Waals surface area contributed by atoms with Crippen molar-refractivity contribution in [2.45, 2.75) is 107 Å². The lowest BCUT2D eigenvalue weighted by Gasteiger charge is -2.40. The van der Waals surface area contributed by atoms with Crippen molar-refractivity contribution in [2.75, 3.05) is 33.4 Å². The smallest absolute Gasteiger partial charge is 0.313 e. The van der Waals surface area contributed by atoms with Crippen LogP contribution in [0, 0.1) is 11.8 Å². The third-order valence-electron chi connectivity index (χ3n) is 10.7. The van der Waals surface area contributed by atoms with Crippen LogP contribution >= 0.6 is 0 Å². The predicted molar refractivity (Wildman–Crippen MR) is 183 cm³/mol. The minimum absolute atomic E-state index is 0.0267. The average molecular weight is 680 g/mol. The summed E-state index contributed by atoms with van der Waals surface area (Å²) < 4.78 is 18.5. The van der Waals surface area contributed by atoms with Gasteiger partial charge in [0.05, 0.1) is 30.6 Å². The first-order chi connectivity index (χ1) is 23.8. The zero-order valence-corrected chi connectivity index (χ0v) is 28.8. The van der Waals surface area contributed by atoms with E-state index in [-0.39, 0.29) is 49.9 Å². The number of benzene rings is 1. The van der Waals surface area contributed by atoms with Gasteiger partial charge in [-0.2, -0.15) is 0 Å². The first-order valence-electron chi connectivity index (χ1n) is 18.0. The third-order valence-corrected chi connectivity index (χ3v) is 10.7. The van der Waals surface area contributed by atoms with Gasteiger partial charge < -0.3 is 34.4 Å². The Balaban J connectivity index is 1.46. The van der Waals surface area contributed by atoms with Crippen molar-refractivity contribution in [3.8, 4) is 0 Å². The number of hydrogen-bond donors (Lipinski definition) is 2. The number of carbonyl (C=O) groups is 4. The zero-order chi connectivity index (χ0) is 35.0. The van der Waals surface area contributed by atoms with Gasteiger partial charge in [0.1, 0.15) is 17.7 Å². The average Bonchev–Trinajstić information content (AvgIpc) is 3.76. The molecule has 11 nitrogen and oxygen atoms in total. The molecule has 0 aromatic heterocycles. The maximum Gasteiger partial charge on any atom is 0.313 e.